The zero-order valence-electron chi connectivity index (χ0n) is 15.9. The van der Waals surface area contributed by atoms with Crippen LogP contribution in [0.5, 0.6) is 0 Å². The molecule has 0 aliphatic rings. The van der Waals surface area contributed by atoms with Crippen LogP contribution in [0.25, 0.3) is 28.3 Å². The number of nitrogens with zero attached hydrogens (tertiary/aromatic N) is 2. The van der Waals surface area contributed by atoms with Gasteiger partial charge in [-0.3, -0.25) is 9.36 Å². The van der Waals surface area contributed by atoms with Crippen molar-refractivity contribution in [3.05, 3.63) is 94.4 Å². The van der Waals surface area contributed by atoms with Crippen LogP contribution in [0.4, 0.5) is 4.39 Å². The summed E-state index contributed by atoms with van der Waals surface area (Å²) < 4.78 is 16.8. The molecule has 0 bridgehead atoms. The molecule has 1 N–H and O–H groups in total. The molecule has 1 aromatic heterocycles. The molecular weight excluding hydrogens is 424 g/mol. The highest BCUT2D eigenvalue weighted by Crippen LogP contribution is 2.36. The molecule has 0 fully saturated rings. The molecule has 1 amide bonds. The van der Waals surface area contributed by atoms with E-state index in [0.717, 1.165) is 5.56 Å². The molecule has 150 valence electrons. The third-order valence-electron chi connectivity index (χ3n) is 4.62. The lowest BCUT2D eigenvalue weighted by atomic mass is 10.1. The molecule has 4 aromatic rings. The molecule has 30 heavy (non-hydrogen) atoms. The Labute approximate surface area is 182 Å². The lowest BCUT2D eigenvalue weighted by Crippen LogP contribution is -2.19. The van der Waals surface area contributed by atoms with E-state index in [1.54, 1.807) is 34.9 Å². The third-order valence-corrected chi connectivity index (χ3v) is 5.15. The first-order chi connectivity index (χ1) is 14.5. The van der Waals surface area contributed by atoms with Crippen LogP contribution in [0.15, 0.2) is 72.8 Å². The van der Waals surface area contributed by atoms with Gasteiger partial charge in [0, 0.05) is 28.9 Å². The molecule has 0 atom stereocenters. The Morgan fingerprint density at radius 1 is 1.00 bits per heavy atom. The minimum absolute atomic E-state index is 0.0459. The Hall–Kier alpha value is -3.15. The lowest BCUT2D eigenvalue weighted by molar-refractivity contribution is 0.0959. The summed E-state index contributed by atoms with van der Waals surface area (Å²) >= 11 is 12.3. The van der Waals surface area contributed by atoms with Crippen LogP contribution in [0.1, 0.15) is 10.5 Å². The Morgan fingerprint density at radius 2 is 1.73 bits per heavy atom. The molecule has 0 radical (unpaired) electrons. The van der Waals surface area contributed by atoms with Crippen molar-refractivity contribution in [3.8, 4) is 28.3 Å². The van der Waals surface area contributed by atoms with E-state index in [4.69, 9.17) is 23.2 Å². The second-order valence-corrected chi connectivity index (χ2v) is 7.34. The van der Waals surface area contributed by atoms with Gasteiger partial charge < -0.3 is 5.32 Å². The number of carbonyl (C=O) groups is 1. The number of carbonyl (C=O) groups excluding carboxylic acids is 1. The average molecular weight is 440 g/mol. The van der Waals surface area contributed by atoms with Crippen LogP contribution in [0.2, 0.25) is 10.0 Å². The van der Waals surface area contributed by atoms with Crippen LogP contribution in [0, 0.1) is 5.82 Å². The summed E-state index contributed by atoms with van der Waals surface area (Å²) in [6.45, 7) is 0. The van der Waals surface area contributed by atoms with Crippen molar-refractivity contribution in [2.45, 2.75) is 0 Å². The van der Waals surface area contributed by atoms with E-state index in [0.29, 0.717) is 16.5 Å². The molecule has 7 heteroatoms. The van der Waals surface area contributed by atoms with E-state index >= 15 is 4.39 Å². The van der Waals surface area contributed by atoms with Crippen molar-refractivity contribution in [1.29, 1.82) is 0 Å². The molecule has 3 aromatic carbocycles. The maximum Gasteiger partial charge on any atom is 0.271 e. The van der Waals surface area contributed by atoms with Crippen LogP contribution < -0.4 is 5.32 Å². The number of nitrogens with one attached hydrogen (secondary N) is 1. The van der Waals surface area contributed by atoms with Gasteiger partial charge in [0.1, 0.15) is 5.82 Å². The Bertz CT molecular complexity index is 1240. The Kier molecular flexibility index (Phi) is 5.57. The number of halogens is 3. The summed E-state index contributed by atoms with van der Waals surface area (Å²) in [6.07, 6.45) is 0. The number of imidazole rings is 1. The summed E-state index contributed by atoms with van der Waals surface area (Å²) in [4.78, 5) is 17.3. The van der Waals surface area contributed by atoms with Gasteiger partial charge in [-0.15, -0.1) is 0 Å². The van der Waals surface area contributed by atoms with E-state index in [-0.39, 0.29) is 22.0 Å². The third kappa shape index (κ3) is 3.58. The SMILES string of the molecule is CNC(=O)c1nc(-c2ccccc2)n(-c2cccc(Cl)c2)c1-c1cccc(Cl)c1F. The fourth-order valence-electron chi connectivity index (χ4n) is 3.28. The van der Waals surface area contributed by atoms with Crippen LogP contribution in [0.3, 0.4) is 0 Å². The smallest absolute Gasteiger partial charge is 0.271 e. The number of benzene rings is 3. The van der Waals surface area contributed by atoms with E-state index in [2.05, 4.69) is 10.3 Å². The molecule has 4 nitrogen and oxygen atoms in total. The second-order valence-electron chi connectivity index (χ2n) is 6.49. The minimum atomic E-state index is -0.632. The summed E-state index contributed by atoms with van der Waals surface area (Å²) in [6, 6.07) is 21.1. The topological polar surface area (TPSA) is 46.9 Å². The fraction of sp³-hybridized carbons (Fsp3) is 0.0435. The van der Waals surface area contributed by atoms with Gasteiger partial charge in [0.2, 0.25) is 0 Å². The standard InChI is InChI=1S/C23H16Cl2FN3O/c1-27-23(30)20-21(17-11-6-12-18(25)19(17)26)29(16-10-5-9-15(24)13-16)22(28-20)14-7-3-2-4-8-14/h2-13H,1H3,(H,27,30). The number of aromatic nitrogens is 2. The minimum Gasteiger partial charge on any atom is -0.354 e. The molecule has 0 saturated carbocycles. The lowest BCUT2D eigenvalue weighted by Gasteiger charge is -2.14. The number of hydrogen-bond donors (Lipinski definition) is 1. The van der Waals surface area contributed by atoms with Gasteiger partial charge in [0.25, 0.3) is 5.91 Å². The largest absolute Gasteiger partial charge is 0.354 e. The van der Waals surface area contributed by atoms with Crippen molar-refractivity contribution < 1.29 is 9.18 Å². The number of rotatable bonds is 4. The van der Waals surface area contributed by atoms with Gasteiger partial charge in [-0.1, -0.05) is 65.7 Å². The number of amides is 1. The number of hydrogen-bond acceptors (Lipinski definition) is 2. The van der Waals surface area contributed by atoms with Crippen molar-refractivity contribution in [1.82, 2.24) is 14.9 Å². The van der Waals surface area contributed by atoms with Crippen LogP contribution >= 0.6 is 23.2 Å². The molecule has 0 aliphatic heterocycles. The molecule has 0 unspecified atom stereocenters. The Morgan fingerprint density at radius 3 is 2.43 bits per heavy atom. The summed E-state index contributed by atoms with van der Waals surface area (Å²) in [5.41, 5.74) is 1.93. The zero-order chi connectivity index (χ0) is 21.3. The maximum atomic E-state index is 15.1. The van der Waals surface area contributed by atoms with E-state index in [9.17, 15) is 4.79 Å². The first kappa shape index (κ1) is 20.1. The first-order valence-corrected chi connectivity index (χ1v) is 9.87. The van der Waals surface area contributed by atoms with Crippen molar-refractivity contribution >= 4 is 29.1 Å². The van der Waals surface area contributed by atoms with E-state index < -0.39 is 11.7 Å². The second kappa shape index (κ2) is 8.30. The molecule has 0 spiro atoms. The van der Waals surface area contributed by atoms with Gasteiger partial charge in [-0.05, 0) is 30.3 Å². The zero-order valence-corrected chi connectivity index (χ0v) is 17.4. The van der Waals surface area contributed by atoms with E-state index in [1.165, 1.54) is 13.1 Å². The normalized spacial score (nSPS) is 10.8. The summed E-state index contributed by atoms with van der Waals surface area (Å²) in [7, 11) is 1.50. The van der Waals surface area contributed by atoms with Gasteiger partial charge in [-0.2, -0.15) is 0 Å². The van der Waals surface area contributed by atoms with Gasteiger partial charge in [0.05, 0.1) is 10.7 Å². The predicted octanol–water partition coefficient (Wildman–Crippen LogP) is 6.01. The molecule has 0 saturated heterocycles. The maximum absolute atomic E-state index is 15.1. The van der Waals surface area contributed by atoms with Gasteiger partial charge in [0.15, 0.2) is 11.5 Å². The van der Waals surface area contributed by atoms with Crippen molar-refractivity contribution in [3.63, 3.8) is 0 Å². The monoisotopic (exact) mass is 439 g/mol. The van der Waals surface area contributed by atoms with Crippen LogP contribution in [-0.2, 0) is 0 Å². The Balaban J connectivity index is 2.15. The van der Waals surface area contributed by atoms with Gasteiger partial charge >= 0.3 is 0 Å². The van der Waals surface area contributed by atoms with Crippen LogP contribution in [-0.4, -0.2) is 22.5 Å². The summed E-state index contributed by atoms with van der Waals surface area (Å²) in [5.74, 6) is -0.597. The van der Waals surface area contributed by atoms with Gasteiger partial charge in [-0.25, -0.2) is 9.37 Å². The van der Waals surface area contributed by atoms with Crippen molar-refractivity contribution in [2.24, 2.45) is 0 Å². The molecule has 1 heterocycles. The average Bonchev–Trinajstić information content (AvgIpc) is 3.16. The highest BCUT2D eigenvalue weighted by atomic mass is 35.5. The highest BCUT2D eigenvalue weighted by molar-refractivity contribution is 6.31. The van der Waals surface area contributed by atoms with E-state index in [1.807, 2.05) is 36.4 Å². The molecule has 0 aliphatic carbocycles. The first-order valence-electron chi connectivity index (χ1n) is 9.12. The molecule has 4 rings (SSSR count). The predicted molar refractivity (Wildman–Crippen MR) is 118 cm³/mol. The highest BCUT2D eigenvalue weighted by Gasteiger charge is 2.27. The van der Waals surface area contributed by atoms with Crippen molar-refractivity contribution in [2.75, 3.05) is 7.05 Å². The quantitative estimate of drug-likeness (QED) is 0.423. The summed E-state index contributed by atoms with van der Waals surface area (Å²) in [5, 5.41) is 3.04. The molecular formula is C23H16Cl2FN3O. The fourth-order valence-corrected chi connectivity index (χ4v) is 3.64.